The number of para-hydroxylation sites is 2. The Kier molecular flexibility index (Phi) is 6.88. The Labute approximate surface area is 172 Å². The molecule has 0 aliphatic carbocycles. The van der Waals surface area contributed by atoms with Gasteiger partial charge in [-0.15, -0.1) is 0 Å². The predicted molar refractivity (Wildman–Crippen MR) is 114 cm³/mol. The number of carbonyl (C=O) groups is 2. The van der Waals surface area contributed by atoms with Crippen LogP contribution in [0.15, 0.2) is 54.6 Å². The Morgan fingerprint density at radius 3 is 2.34 bits per heavy atom. The van der Waals surface area contributed by atoms with Crippen molar-refractivity contribution < 1.29 is 14.3 Å². The second kappa shape index (κ2) is 9.56. The first-order valence-corrected chi connectivity index (χ1v) is 10.1. The lowest BCUT2D eigenvalue weighted by Crippen LogP contribution is -2.47. The lowest BCUT2D eigenvalue weighted by molar-refractivity contribution is -0.132. The molecule has 2 amide bonds. The van der Waals surface area contributed by atoms with Gasteiger partial charge in [-0.25, -0.2) is 0 Å². The van der Waals surface area contributed by atoms with Crippen LogP contribution < -0.4 is 9.64 Å². The molecule has 2 aromatic rings. The molecular weight excluding hydrogens is 366 g/mol. The molecule has 3 rings (SSSR count). The van der Waals surface area contributed by atoms with Crippen LogP contribution in [-0.2, 0) is 9.59 Å². The monoisotopic (exact) mass is 395 g/mol. The van der Waals surface area contributed by atoms with E-state index in [-0.39, 0.29) is 30.9 Å². The van der Waals surface area contributed by atoms with Crippen molar-refractivity contribution in [1.29, 1.82) is 0 Å². The Morgan fingerprint density at radius 1 is 1.00 bits per heavy atom. The maximum absolute atomic E-state index is 13.3. The van der Waals surface area contributed by atoms with Gasteiger partial charge in [0.15, 0.2) is 0 Å². The normalized spacial score (nSPS) is 15.6. The van der Waals surface area contributed by atoms with E-state index >= 15 is 0 Å². The van der Waals surface area contributed by atoms with Gasteiger partial charge in [0, 0.05) is 13.1 Å². The summed E-state index contributed by atoms with van der Waals surface area (Å²) in [7, 11) is 1.81. The Morgan fingerprint density at radius 2 is 1.66 bits per heavy atom. The number of likely N-dealkylation sites (N-methyl/N-ethyl adjacent to an activating group) is 2. The molecule has 1 heterocycles. The molecule has 1 unspecified atom stereocenters. The minimum atomic E-state index is -0.203. The SMILES string of the molecule is CCN(CC)C(=O)CN(C)CC(=O)N1c2ccccc2OCC1c1ccccc1. The first-order chi connectivity index (χ1) is 14.0. The summed E-state index contributed by atoms with van der Waals surface area (Å²) in [6.45, 7) is 6.03. The molecule has 1 atom stereocenters. The van der Waals surface area contributed by atoms with E-state index in [9.17, 15) is 9.59 Å². The highest BCUT2D eigenvalue weighted by Gasteiger charge is 2.33. The molecule has 0 fully saturated rings. The van der Waals surface area contributed by atoms with E-state index in [4.69, 9.17) is 4.74 Å². The number of fused-ring (bicyclic) bond motifs is 1. The Hall–Kier alpha value is -2.86. The number of hydrogen-bond donors (Lipinski definition) is 0. The van der Waals surface area contributed by atoms with Crippen molar-refractivity contribution in [2.45, 2.75) is 19.9 Å². The van der Waals surface area contributed by atoms with Gasteiger partial charge in [0.05, 0.1) is 24.8 Å². The van der Waals surface area contributed by atoms with E-state index in [2.05, 4.69) is 0 Å². The molecule has 0 aromatic heterocycles. The van der Waals surface area contributed by atoms with Crippen LogP contribution in [0.5, 0.6) is 5.75 Å². The smallest absolute Gasteiger partial charge is 0.241 e. The Balaban J connectivity index is 1.80. The van der Waals surface area contributed by atoms with E-state index in [0.29, 0.717) is 25.4 Å². The number of carbonyl (C=O) groups excluding carboxylic acids is 2. The van der Waals surface area contributed by atoms with Gasteiger partial charge < -0.3 is 9.64 Å². The van der Waals surface area contributed by atoms with Crippen LogP contribution in [0.1, 0.15) is 25.5 Å². The number of benzene rings is 2. The van der Waals surface area contributed by atoms with Crippen LogP contribution in [0.2, 0.25) is 0 Å². The molecule has 29 heavy (non-hydrogen) atoms. The molecule has 154 valence electrons. The molecule has 0 bridgehead atoms. The molecule has 6 nitrogen and oxygen atoms in total. The van der Waals surface area contributed by atoms with Gasteiger partial charge in [-0.2, -0.15) is 0 Å². The first kappa shape index (κ1) is 20.9. The molecule has 0 saturated carbocycles. The molecule has 0 saturated heterocycles. The van der Waals surface area contributed by atoms with Crippen LogP contribution in [0, 0.1) is 0 Å². The zero-order chi connectivity index (χ0) is 20.8. The van der Waals surface area contributed by atoms with E-state index < -0.39 is 0 Å². The van der Waals surface area contributed by atoms with Crippen LogP contribution in [0.4, 0.5) is 5.69 Å². The third-order valence-electron chi connectivity index (χ3n) is 5.21. The summed E-state index contributed by atoms with van der Waals surface area (Å²) in [6, 6.07) is 17.3. The lowest BCUT2D eigenvalue weighted by Gasteiger charge is -2.38. The van der Waals surface area contributed by atoms with Gasteiger partial charge in [0.25, 0.3) is 0 Å². The number of anilines is 1. The number of rotatable bonds is 7. The van der Waals surface area contributed by atoms with E-state index in [0.717, 1.165) is 11.3 Å². The topological polar surface area (TPSA) is 53.1 Å². The maximum Gasteiger partial charge on any atom is 0.241 e. The van der Waals surface area contributed by atoms with Crippen molar-refractivity contribution in [3.05, 3.63) is 60.2 Å². The highest BCUT2D eigenvalue weighted by molar-refractivity contribution is 5.97. The second-order valence-electron chi connectivity index (χ2n) is 7.21. The van der Waals surface area contributed by atoms with Gasteiger partial charge in [0.1, 0.15) is 12.4 Å². The molecular formula is C23H29N3O3. The predicted octanol–water partition coefficient (Wildman–Crippen LogP) is 2.95. The fourth-order valence-corrected chi connectivity index (χ4v) is 3.69. The van der Waals surface area contributed by atoms with E-state index in [1.807, 2.05) is 80.4 Å². The van der Waals surface area contributed by atoms with Gasteiger partial charge in [-0.1, -0.05) is 42.5 Å². The van der Waals surface area contributed by atoms with Crippen LogP contribution >= 0.6 is 0 Å². The number of ether oxygens (including phenoxy) is 1. The van der Waals surface area contributed by atoms with Gasteiger partial charge in [0.2, 0.25) is 11.8 Å². The number of hydrogen-bond acceptors (Lipinski definition) is 4. The molecule has 6 heteroatoms. The maximum atomic E-state index is 13.3. The summed E-state index contributed by atoms with van der Waals surface area (Å²) in [5.74, 6) is 0.687. The second-order valence-corrected chi connectivity index (χ2v) is 7.21. The zero-order valence-electron chi connectivity index (χ0n) is 17.4. The molecule has 1 aliphatic heterocycles. The van der Waals surface area contributed by atoms with Gasteiger partial charge in [-0.3, -0.25) is 19.4 Å². The highest BCUT2D eigenvalue weighted by atomic mass is 16.5. The fourth-order valence-electron chi connectivity index (χ4n) is 3.69. The minimum Gasteiger partial charge on any atom is -0.489 e. The number of amides is 2. The molecule has 0 spiro atoms. The standard InChI is InChI=1S/C23H29N3O3/c1-4-25(5-2)22(27)15-24(3)16-23(28)26-19-13-9-10-14-21(19)29-17-20(26)18-11-7-6-8-12-18/h6-14,20H,4-5,15-17H2,1-3H3. The minimum absolute atomic E-state index is 0.0345. The zero-order valence-corrected chi connectivity index (χ0v) is 17.4. The highest BCUT2D eigenvalue weighted by Crippen LogP contribution is 2.39. The van der Waals surface area contributed by atoms with E-state index in [1.54, 1.807) is 9.80 Å². The first-order valence-electron chi connectivity index (χ1n) is 10.1. The largest absolute Gasteiger partial charge is 0.489 e. The van der Waals surface area contributed by atoms with Crippen molar-refractivity contribution in [2.24, 2.45) is 0 Å². The molecule has 0 N–H and O–H groups in total. The summed E-state index contributed by atoms with van der Waals surface area (Å²) >= 11 is 0. The third-order valence-corrected chi connectivity index (χ3v) is 5.21. The molecule has 1 aliphatic rings. The van der Waals surface area contributed by atoms with Crippen molar-refractivity contribution in [3.8, 4) is 5.75 Å². The summed E-state index contributed by atoms with van der Waals surface area (Å²) in [5.41, 5.74) is 1.79. The molecule has 0 radical (unpaired) electrons. The van der Waals surface area contributed by atoms with Crippen LogP contribution in [0.3, 0.4) is 0 Å². The van der Waals surface area contributed by atoms with Gasteiger partial charge in [-0.05, 0) is 38.6 Å². The van der Waals surface area contributed by atoms with Crippen molar-refractivity contribution in [1.82, 2.24) is 9.80 Å². The third kappa shape index (κ3) is 4.77. The van der Waals surface area contributed by atoms with E-state index in [1.165, 1.54) is 0 Å². The summed E-state index contributed by atoms with van der Waals surface area (Å²) in [6.07, 6.45) is 0. The Bertz CT molecular complexity index is 836. The fraction of sp³-hybridized carbons (Fsp3) is 0.391. The number of nitrogens with zero attached hydrogens (tertiary/aromatic N) is 3. The average molecular weight is 396 g/mol. The van der Waals surface area contributed by atoms with Crippen molar-refractivity contribution >= 4 is 17.5 Å². The summed E-state index contributed by atoms with van der Waals surface area (Å²) in [5, 5.41) is 0. The summed E-state index contributed by atoms with van der Waals surface area (Å²) in [4.78, 5) is 31.1. The summed E-state index contributed by atoms with van der Waals surface area (Å²) < 4.78 is 5.93. The lowest BCUT2D eigenvalue weighted by atomic mass is 10.0. The van der Waals surface area contributed by atoms with Crippen LogP contribution in [-0.4, -0.2) is 61.4 Å². The average Bonchev–Trinajstić information content (AvgIpc) is 2.74. The molecule has 2 aromatic carbocycles. The van der Waals surface area contributed by atoms with Crippen molar-refractivity contribution in [2.75, 3.05) is 44.7 Å². The van der Waals surface area contributed by atoms with Crippen molar-refractivity contribution in [3.63, 3.8) is 0 Å². The van der Waals surface area contributed by atoms with Crippen LogP contribution in [0.25, 0.3) is 0 Å². The quantitative estimate of drug-likeness (QED) is 0.723. The van der Waals surface area contributed by atoms with Gasteiger partial charge >= 0.3 is 0 Å².